The number of rotatable bonds is 6. The van der Waals surface area contributed by atoms with E-state index in [-0.39, 0.29) is 5.71 Å². The summed E-state index contributed by atoms with van der Waals surface area (Å²) in [5, 5.41) is 0. The molecule has 0 unspecified atom stereocenters. The lowest BCUT2D eigenvalue weighted by Crippen LogP contribution is -2.38. The Labute approximate surface area is 125 Å². The Morgan fingerprint density at radius 3 is 2.86 bits per heavy atom. The van der Waals surface area contributed by atoms with Gasteiger partial charge in [-0.25, -0.2) is 4.79 Å². The zero-order valence-corrected chi connectivity index (χ0v) is 12.4. The normalized spacial score (nSPS) is 14.1. The lowest BCUT2D eigenvalue weighted by Gasteiger charge is -2.26. The van der Waals surface area contributed by atoms with Crippen molar-refractivity contribution in [2.75, 3.05) is 19.7 Å². The van der Waals surface area contributed by atoms with Gasteiger partial charge >= 0.3 is 11.7 Å². The monoisotopic (exact) mass is 287 g/mol. The van der Waals surface area contributed by atoms with Crippen molar-refractivity contribution < 1.29 is 14.3 Å². The van der Waals surface area contributed by atoms with Crippen LogP contribution >= 0.6 is 0 Å². The van der Waals surface area contributed by atoms with Gasteiger partial charge in [0, 0.05) is 13.1 Å². The van der Waals surface area contributed by atoms with Gasteiger partial charge in [0.25, 0.3) is 0 Å². The number of carbonyl (C=O) groups is 1. The molecule has 1 aliphatic rings. The van der Waals surface area contributed by atoms with Crippen molar-refractivity contribution in [2.45, 2.75) is 32.7 Å². The minimum absolute atomic E-state index is 0.0745. The third-order valence-corrected chi connectivity index (χ3v) is 3.67. The molecule has 0 fully saturated rings. The number of ether oxygens (including phenoxy) is 1. The summed E-state index contributed by atoms with van der Waals surface area (Å²) in [4.78, 5) is 17.0. The first-order chi connectivity index (χ1) is 10.2. The van der Waals surface area contributed by atoms with Gasteiger partial charge in [-0.2, -0.15) is 4.79 Å². The molecule has 0 bridgehead atoms. The van der Waals surface area contributed by atoms with Gasteiger partial charge in [-0.3, -0.25) is 4.90 Å². The molecule has 1 aromatic carbocycles. The van der Waals surface area contributed by atoms with Gasteiger partial charge in [0.2, 0.25) is 0 Å². The Bertz CT molecular complexity index is 550. The number of benzene rings is 1. The summed E-state index contributed by atoms with van der Waals surface area (Å²) in [6, 6.07) is 8.28. The van der Waals surface area contributed by atoms with Crippen LogP contribution in [0.25, 0.3) is 5.53 Å². The van der Waals surface area contributed by atoms with E-state index in [0.29, 0.717) is 13.2 Å². The standard InChI is InChI=1S/C16H21N3O2/c1-2-3-10-21-16(20)15(18-17)12-19-9-8-13-6-4-5-7-14(13)11-19/h4-7H,2-3,8-12H2,1H3. The van der Waals surface area contributed by atoms with E-state index in [1.165, 1.54) is 11.1 Å². The van der Waals surface area contributed by atoms with Crippen LogP contribution in [0.4, 0.5) is 0 Å². The SMILES string of the molecule is CCCCOC(=O)C(CN1CCc2ccccc2C1)=[N+]=[N-]. The van der Waals surface area contributed by atoms with Crippen LogP contribution in [-0.2, 0) is 22.5 Å². The van der Waals surface area contributed by atoms with Crippen molar-refractivity contribution in [1.82, 2.24) is 4.90 Å². The maximum Gasteiger partial charge on any atom is 0.418 e. The lowest BCUT2D eigenvalue weighted by atomic mass is 10.00. The molecule has 0 radical (unpaired) electrons. The van der Waals surface area contributed by atoms with Crippen LogP contribution in [-0.4, -0.2) is 41.1 Å². The second-order valence-electron chi connectivity index (χ2n) is 5.27. The van der Waals surface area contributed by atoms with E-state index < -0.39 is 5.97 Å². The molecule has 0 N–H and O–H groups in total. The quantitative estimate of drug-likeness (QED) is 0.264. The summed E-state index contributed by atoms with van der Waals surface area (Å²) in [7, 11) is 0. The highest BCUT2D eigenvalue weighted by atomic mass is 16.5. The number of carbonyl (C=O) groups excluding carboxylic acids is 1. The van der Waals surface area contributed by atoms with E-state index in [0.717, 1.165) is 32.4 Å². The molecule has 1 heterocycles. The van der Waals surface area contributed by atoms with Crippen molar-refractivity contribution >= 4 is 11.7 Å². The first-order valence-corrected chi connectivity index (χ1v) is 7.41. The zero-order chi connectivity index (χ0) is 15.1. The van der Waals surface area contributed by atoms with Crippen LogP contribution in [0.15, 0.2) is 24.3 Å². The fourth-order valence-corrected chi connectivity index (χ4v) is 2.43. The van der Waals surface area contributed by atoms with Crippen molar-refractivity contribution in [3.63, 3.8) is 0 Å². The Morgan fingerprint density at radius 1 is 1.38 bits per heavy atom. The van der Waals surface area contributed by atoms with Gasteiger partial charge in [-0.1, -0.05) is 37.6 Å². The second kappa shape index (κ2) is 7.72. The Morgan fingerprint density at radius 2 is 2.14 bits per heavy atom. The number of unbranched alkanes of at least 4 members (excludes halogenated alkanes) is 1. The first kappa shape index (κ1) is 15.4. The summed E-state index contributed by atoms with van der Waals surface area (Å²) < 4.78 is 5.09. The van der Waals surface area contributed by atoms with E-state index in [1.54, 1.807) is 0 Å². The summed E-state index contributed by atoms with van der Waals surface area (Å²) in [5.74, 6) is -0.523. The van der Waals surface area contributed by atoms with Crippen molar-refractivity contribution in [2.24, 2.45) is 0 Å². The maximum absolute atomic E-state index is 11.8. The van der Waals surface area contributed by atoms with E-state index in [1.807, 2.05) is 19.1 Å². The topological polar surface area (TPSA) is 65.9 Å². The summed E-state index contributed by atoms with van der Waals surface area (Å²) in [6.07, 6.45) is 2.73. The van der Waals surface area contributed by atoms with Crippen LogP contribution in [0.2, 0.25) is 0 Å². The van der Waals surface area contributed by atoms with E-state index in [2.05, 4.69) is 21.8 Å². The average Bonchev–Trinajstić information content (AvgIpc) is 2.52. The lowest BCUT2D eigenvalue weighted by molar-refractivity contribution is -0.141. The van der Waals surface area contributed by atoms with Crippen LogP contribution in [0.3, 0.4) is 0 Å². The molecule has 0 spiro atoms. The summed E-state index contributed by atoms with van der Waals surface area (Å²) in [5.41, 5.74) is 11.7. The minimum Gasteiger partial charge on any atom is -0.457 e. The first-order valence-electron chi connectivity index (χ1n) is 7.41. The molecule has 0 saturated heterocycles. The predicted molar refractivity (Wildman–Crippen MR) is 79.9 cm³/mol. The number of hydrogen-bond acceptors (Lipinski definition) is 3. The van der Waals surface area contributed by atoms with Gasteiger partial charge < -0.3 is 10.3 Å². The molecule has 0 aromatic heterocycles. The number of hydrogen-bond donors (Lipinski definition) is 0. The molecule has 5 nitrogen and oxygen atoms in total. The molecule has 1 aromatic rings. The highest BCUT2D eigenvalue weighted by Gasteiger charge is 2.27. The molecule has 5 heteroatoms. The van der Waals surface area contributed by atoms with E-state index in [9.17, 15) is 4.79 Å². The van der Waals surface area contributed by atoms with Gasteiger partial charge in [0.1, 0.15) is 6.54 Å². The molecule has 1 aliphatic heterocycles. The Hall–Kier alpha value is -1.97. The molecule has 0 atom stereocenters. The smallest absolute Gasteiger partial charge is 0.418 e. The van der Waals surface area contributed by atoms with Crippen LogP contribution in [0.5, 0.6) is 0 Å². The molecule has 0 amide bonds. The fraction of sp³-hybridized carbons (Fsp3) is 0.500. The highest BCUT2D eigenvalue weighted by Crippen LogP contribution is 2.18. The summed E-state index contributed by atoms with van der Waals surface area (Å²) in [6.45, 7) is 4.32. The van der Waals surface area contributed by atoms with Crippen molar-refractivity contribution in [1.29, 1.82) is 0 Å². The molecule has 0 saturated carbocycles. The average molecular weight is 287 g/mol. The largest absolute Gasteiger partial charge is 0.457 e. The fourth-order valence-electron chi connectivity index (χ4n) is 2.43. The third kappa shape index (κ3) is 4.25. The summed E-state index contributed by atoms with van der Waals surface area (Å²) >= 11 is 0. The molecule has 21 heavy (non-hydrogen) atoms. The molecular weight excluding hydrogens is 266 g/mol. The number of fused-ring (bicyclic) bond motifs is 1. The van der Waals surface area contributed by atoms with Crippen molar-refractivity contribution in [3.8, 4) is 0 Å². The third-order valence-electron chi connectivity index (χ3n) is 3.67. The Balaban J connectivity index is 1.92. The van der Waals surface area contributed by atoms with Gasteiger partial charge in [-0.15, -0.1) is 0 Å². The zero-order valence-electron chi connectivity index (χ0n) is 12.4. The minimum atomic E-state index is -0.523. The predicted octanol–water partition coefficient (Wildman–Crippen LogP) is 2.06. The molecule has 112 valence electrons. The van der Waals surface area contributed by atoms with Gasteiger partial charge in [0.05, 0.1) is 6.61 Å². The number of nitrogens with zero attached hydrogens (tertiary/aromatic N) is 3. The maximum atomic E-state index is 11.8. The number of esters is 1. The van der Waals surface area contributed by atoms with E-state index >= 15 is 0 Å². The van der Waals surface area contributed by atoms with Gasteiger partial charge in [-0.05, 0) is 24.0 Å². The van der Waals surface area contributed by atoms with Crippen molar-refractivity contribution in [3.05, 3.63) is 40.9 Å². The van der Waals surface area contributed by atoms with Crippen LogP contribution < -0.4 is 0 Å². The van der Waals surface area contributed by atoms with Crippen LogP contribution in [0, 0.1) is 0 Å². The molecule has 0 aliphatic carbocycles. The molecule has 2 rings (SSSR count). The van der Waals surface area contributed by atoms with Crippen LogP contribution in [0.1, 0.15) is 30.9 Å². The highest BCUT2D eigenvalue weighted by molar-refractivity contribution is 6.34. The Kier molecular flexibility index (Phi) is 5.67. The second-order valence-corrected chi connectivity index (χ2v) is 5.27. The van der Waals surface area contributed by atoms with E-state index in [4.69, 9.17) is 10.3 Å². The molecular formula is C16H21N3O2. The van der Waals surface area contributed by atoms with Gasteiger partial charge in [0.15, 0.2) is 0 Å².